The van der Waals surface area contributed by atoms with Gasteiger partial charge in [-0.3, -0.25) is 4.79 Å². The fourth-order valence-corrected chi connectivity index (χ4v) is 1.72. The summed E-state index contributed by atoms with van der Waals surface area (Å²) in [5, 5.41) is 0. The van der Waals surface area contributed by atoms with E-state index in [1.54, 1.807) is 6.08 Å². The Morgan fingerprint density at radius 2 is 1.86 bits per heavy atom. The van der Waals surface area contributed by atoms with E-state index < -0.39 is 0 Å². The van der Waals surface area contributed by atoms with Crippen molar-refractivity contribution in [2.24, 2.45) is 5.92 Å². The first-order valence-corrected chi connectivity index (χ1v) is 6.04. The van der Waals surface area contributed by atoms with E-state index in [1.165, 1.54) is 25.7 Å². The zero-order valence-corrected chi connectivity index (χ0v) is 9.88. The number of carbonyl (C=O) groups is 1. The third kappa shape index (κ3) is 5.95. The van der Waals surface area contributed by atoms with Crippen LogP contribution in [0.2, 0.25) is 0 Å². The molecule has 0 aromatic carbocycles. The number of hydrogen-bond donors (Lipinski definition) is 0. The van der Waals surface area contributed by atoms with Gasteiger partial charge in [-0.2, -0.15) is 0 Å². The average molecular weight is 196 g/mol. The summed E-state index contributed by atoms with van der Waals surface area (Å²) in [5.74, 6) is 0.996. The Balaban J connectivity index is 0.000000791. The molecule has 0 radical (unpaired) electrons. The lowest BCUT2D eigenvalue weighted by Gasteiger charge is -1.98. The fourth-order valence-electron chi connectivity index (χ4n) is 1.72. The average Bonchev–Trinajstić information content (AvgIpc) is 2.71. The lowest BCUT2D eigenvalue weighted by molar-refractivity contribution is -0.114. The van der Waals surface area contributed by atoms with Crippen LogP contribution in [0.3, 0.4) is 0 Å². The van der Waals surface area contributed by atoms with Gasteiger partial charge in [0.2, 0.25) is 0 Å². The summed E-state index contributed by atoms with van der Waals surface area (Å²) in [6, 6.07) is 0. The standard InChI is InChI=1S/C11H18O.C2H6/c1-2-5-11(12)9-8-10-6-3-4-7-10;1-2/h8-10H,2-7H2,1H3;1-2H3/b9-8+;. The van der Waals surface area contributed by atoms with Crippen LogP contribution in [0.15, 0.2) is 12.2 Å². The van der Waals surface area contributed by atoms with Crippen molar-refractivity contribution in [1.82, 2.24) is 0 Å². The van der Waals surface area contributed by atoms with E-state index in [4.69, 9.17) is 0 Å². The lowest BCUT2D eigenvalue weighted by atomic mass is 10.1. The van der Waals surface area contributed by atoms with Gasteiger partial charge in [0.1, 0.15) is 0 Å². The molecule has 0 aromatic rings. The minimum atomic E-state index is 0.296. The van der Waals surface area contributed by atoms with Crippen LogP contribution < -0.4 is 0 Å². The van der Waals surface area contributed by atoms with E-state index in [9.17, 15) is 4.79 Å². The molecule has 0 heterocycles. The van der Waals surface area contributed by atoms with Gasteiger partial charge in [-0.25, -0.2) is 0 Å². The molecular weight excluding hydrogens is 172 g/mol. The van der Waals surface area contributed by atoms with Crippen molar-refractivity contribution in [2.75, 3.05) is 0 Å². The number of hydrogen-bond acceptors (Lipinski definition) is 1. The molecular formula is C13H24O. The molecule has 0 N–H and O–H groups in total. The number of rotatable bonds is 4. The quantitative estimate of drug-likeness (QED) is 0.618. The van der Waals surface area contributed by atoms with Gasteiger partial charge in [-0.15, -0.1) is 0 Å². The van der Waals surface area contributed by atoms with Gasteiger partial charge in [0.25, 0.3) is 0 Å². The SMILES string of the molecule is CC.CCCC(=O)/C=C/C1CCCC1. The van der Waals surface area contributed by atoms with Crippen molar-refractivity contribution in [3.05, 3.63) is 12.2 Å². The molecule has 1 saturated carbocycles. The van der Waals surface area contributed by atoms with Crippen LogP contribution in [-0.2, 0) is 4.79 Å². The summed E-state index contributed by atoms with van der Waals surface area (Å²) < 4.78 is 0. The minimum absolute atomic E-state index is 0.296. The summed E-state index contributed by atoms with van der Waals surface area (Å²) in [4.78, 5) is 11.1. The van der Waals surface area contributed by atoms with Crippen LogP contribution in [0.4, 0.5) is 0 Å². The van der Waals surface area contributed by atoms with Crippen molar-refractivity contribution >= 4 is 5.78 Å². The number of allylic oxidation sites excluding steroid dienone is 2. The number of carbonyl (C=O) groups excluding carboxylic acids is 1. The van der Waals surface area contributed by atoms with Gasteiger partial charge >= 0.3 is 0 Å². The molecule has 0 aliphatic heterocycles. The molecule has 0 unspecified atom stereocenters. The number of ketones is 1. The van der Waals surface area contributed by atoms with Gasteiger partial charge in [-0.1, -0.05) is 39.7 Å². The summed E-state index contributed by atoms with van der Waals surface area (Å²) in [7, 11) is 0. The zero-order chi connectivity index (χ0) is 10.8. The van der Waals surface area contributed by atoms with Gasteiger partial charge in [0.05, 0.1) is 0 Å². The first-order valence-electron chi connectivity index (χ1n) is 6.04. The van der Waals surface area contributed by atoms with Crippen LogP contribution in [0.5, 0.6) is 0 Å². The zero-order valence-electron chi connectivity index (χ0n) is 9.88. The van der Waals surface area contributed by atoms with Gasteiger partial charge in [0.15, 0.2) is 5.78 Å². The first-order chi connectivity index (χ1) is 6.83. The Labute approximate surface area is 88.6 Å². The van der Waals surface area contributed by atoms with Gasteiger partial charge in [0, 0.05) is 6.42 Å². The predicted octanol–water partition coefficient (Wildman–Crippen LogP) is 4.13. The molecule has 1 heteroatoms. The maximum atomic E-state index is 11.1. The Morgan fingerprint density at radius 1 is 1.29 bits per heavy atom. The minimum Gasteiger partial charge on any atom is -0.295 e. The molecule has 1 nitrogen and oxygen atoms in total. The molecule has 82 valence electrons. The van der Waals surface area contributed by atoms with Crippen molar-refractivity contribution in [3.63, 3.8) is 0 Å². The summed E-state index contributed by atoms with van der Waals surface area (Å²) >= 11 is 0. The molecule has 0 bridgehead atoms. The predicted molar refractivity (Wildman–Crippen MR) is 62.4 cm³/mol. The Hall–Kier alpha value is -0.590. The second kappa shape index (κ2) is 8.98. The fraction of sp³-hybridized carbons (Fsp3) is 0.769. The molecule has 1 aliphatic rings. The monoisotopic (exact) mass is 196 g/mol. The molecule has 1 rings (SSSR count). The smallest absolute Gasteiger partial charge is 0.155 e. The van der Waals surface area contributed by atoms with E-state index in [-0.39, 0.29) is 0 Å². The molecule has 0 spiro atoms. The van der Waals surface area contributed by atoms with Crippen molar-refractivity contribution < 1.29 is 4.79 Å². The lowest BCUT2D eigenvalue weighted by Crippen LogP contribution is -1.93. The Morgan fingerprint density at radius 3 is 2.36 bits per heavy atom. The second-order valence-corrected chi connectivity index (χ2v) is 3.62. The van der Waals surface area contributed by atoms with Crippen LogP contribution in [0, 0.1) is 5.92 Å². The van der Waals surface area contributed by atoms with E-state index in [0.717, 1.165) is 6.42 Å². The van der Waals surface area contributed by atoms with Crippen LogP contribution in [-0.4, -0.2) is 5.78 Å². The summed E-state index contributed by atoms with van der Waals surface area (Å²) in [6.45, 7) is 6.04. The molecule has 14 heavy (non-hydrogen) atoms. The second-order valence-electron chi connectivity index (χ2n) is 3.62. The maximum Gasteiger partial charge on any atom is 0.155 e. The molecule has 1 fully saturated rings. The normalized spacial score (nSPS) is 16.8. The van der Waals surface area contributed by atoms with Gasteiger partial charge < -0.3 is 0 Å². The third-order valence-corrected chi connectivity index (χ3v) is 2.45. The topological polar surface area (TPSA) is 17.1 Å². The van der Waals surface area contributed by atoms with Crippen LogP contribution >= 0.6 is 0 Å². The van der Waals surface area contributed by atoms with E-state index in [0.29, 0.717) is 18.1 Å². The molecule has 0 aromatic heterocycles. The maximum absolute atomic E-state index is 11.1. The Kier molecular flexibility index (Phi) is 8.61. The van der Waals surface area contributed by atoms with Crippen molar-refractivity contribution in [2.45, 2.75) is 59.3 Å². The largest absolute Gasteiger partial charge is 0.295 e. The molecule has 0 saturated heterocycles. The highest BCUT2D eigenvalue weighted by atomic mass is 16.1. The van der Waals surface area contributed by atoms with Gasteiger partial charge in [-0.05, 0) is 31.3 Å². The highest BCUT2D eigenvalue weighted by Crippen LogP contribution is 2.25. The summed E-state index contributed by atoms with van der Waals surface area (Å²) in [5.41, 5.74) is 0. The van der Waals surface area contributed by atoms with Crippen LogP contribution in [0.25, 0.3) is 0 Å². The Bertz CT molecular complexity index is 164. The van der Waals surface area contributed by atoms with E-state index in [1.807, 2.05) is 20.8 Å². The van der Waals surface area contributed by atoms with Crippen molar-refractivity contribution in [3.8, 4) is 0 Å². The molecule has 0 atom stereocenters. The third-order valence-electron chi connectivity index (χ3n) is 2.45. The molecule has 0 amide bonds. The van der Waals surface area contributed by atoms with E-state index >= 15 is 0 Å². The highest BCUT2D eigenvalue weighted by molar-refractivity contribution is 5.89. The van der Waals surface area contributed by atoms with Crippen molar-refractivity contribution in [1.29, 1.82) is 0 Å². The van der Waals surface area contributed by atoms with Crippen LogP contribution in [0.1, 0.15) is 59.3 Å². The summed E-state index contributed by atoms with van der Waals surface area (Å²) in [6.07, 6.45) is 10.8. The van der Waals surface area contributed by atoms with E-state index in [2.05, 4.69) is 6.08 Å². The first kappa shape index (κ1) is 13.4. The highest BCUT2D eigenvalue weighted by Gasteiger charge is 2.11. The molecule has 1 aliphatic carbocycles.